The molecule has 2 unspecified atom stereocenters. The van der Waals surface area contributed by atoms with E-state index in [2.05, 4.69) is 34.7 Å². The van der Waals surface area contributed by atoms with E-state index in [-0.39, 0.29) is 12.0 Å². The maximum absolute atomic E-state index is 12.6. The summed E-state index contributed by atoms with van der Waals surface area (Å²) in [7, 11) is 1.65. The van der Waals surface area contributed by atoms with Crippen molar-refractivity contribution >= 4 is 18.0 Å². The van der Waals surface area contributed by atoms with Crippen molar-refractivity contribution < 1.29 is 14.3 Å². The maximum atomic E-state index is 12.6. The molecule has 7 heteroatoms. The Labute approximate surface area is 202 Å². The third kappa shape index (κ3) is 10.2. The quantitative estimate of drug-likeness (QED) is 0.426. The van der Waals surface area contributed by atoms with Gasteiger partial charge in [0.25, 0.3) is 0 Å². The number of benzene rings is 2. The standard InChI is InChI=1S/C26H35N3O3S/c1-20(19-29(17-9-16-27)33-23-14-12-22(31-5)13-15-23)24(18-21-10-7-6-8-11-21)28-25(30)32-26(2,3)4/h6-8,10-15,20,24H,9,17-19H2,1-5H3,(H,28,30). The van der Waals surface area contributed by atoms with E-state index < -0.39 is 11.7 Å². The fraction of sp³-hybridized carbons (Fsp3) is 0.462. The highest BCUT2D eigenvalue weighted by Crippen LogP contribution is 2.27. The number of hydrogen-bond donors (Lipinski definition) is 1. The molecule has 0 saturated heterocycles. The summed E-state index contributed by atoms with van der Waals surface area (Å²) in [4.78, 5) is 13.6. The highest BCUT2D eigenvalue weighted by molar-refractivity contribution is 7.97. The van der Waals surface area contributed by atoms with E-state index in [1.807, 2.05) is 63.2 Å². The summed E-state index contributed by atoms with van der Waals surface area (Å²) >= 11 is 1.61. The van der Waals surface area contributed by atoms with Gasteiger partial charge >= 0.3 is 6.09 Å². The van der Waals surface area contributed by atoms with Crippen LogP contribution in [0.3, 0.4) is 0 Å². The minimum absolute atomic E-state index is 0.113. The Balaban J connectivity index is 2.14. The van der Waals surface area contributed by atoms with Crippen molar-refractivity contribution in [2.24, 2.45) is 5.92 Å². The van der Waals surface area contributed by atoms with Crippen LogP contribution in [0.25, 0.3) is 0 Å². The van der Waals surface area contributed by atoms with E-state index in [4.69, 9.17) is 14.7 Å². The highest BCUT2D eigenvalue weighted by Gasteiger charge is 2.25. The number of amides is 1. The first kappa shape index (κ1) is 26.6. The summed E-state index contributed by atoms with van der Waals surface area (Å²) in [6.07, 6.45) is 0.709. The van der Waals surface area contributed by atoms with Crippen molar-refractivity contribution in [3.8, 4) is 11.8 Å². The van der Waals surface area contributed by atoms with Gasteiger partial charge in [-0.2, -0.15) is 5.26 Å². The average Bonchev–Trinajstić information content (AvgIpc) is 2.77. The summed E-state index contributed by atoms with van der Waals surface area (Å²) in [5.74, 6) is 0.919. The molecule has 0 bridgehead atoms. The molecule has 2 aromatic carbocycles. The molecule has 178 valence electrons. The fourth-order valence-electron chi connectivity index (χ4n) is 3.30. The second-order valence-electron chi connectivity index (χ2n) is 8.98. The molecule has 2 rings (SSSR count). The van der Waals surface area contributed by atoms with Gasteiger partial charge in [-0.05, 0) is 74.9 Å². The first-order valence-corrected chi connectivity index (χ1v) is 11.9. The Bertz CT molecular complexity index is 892. The number of rotatable bonds is 11. The van der Waals surface area contributed by atoms with E-state index in [1.165, 1.54) is 0 Å². The Morgan fingerprint density at radius 1 is 1.15 bits per heavy atom. The molecule has 33 heavy (non-hydrogen) atoms. The van der Waals surface area contributed by atoms with E-state index in [9.17, 15) is 4.79 Å². The third-order valence-corrected chi connectivity index (χ3v) is 6.02. The number of alkyl carbamates (subject to hydrolysis) is 1. The molecule has 2 aromatic rings. The highest BCUT2D eigenvalue weighted by atomic mass is 32.2. The number of carbonyl (C=O) groups excluding carboxylic acids is 1. The van der Waals surface area contributed by atoms with Gasteiger partial charge in [0, 0.05) is 30.4 Å². The largest absolute Gasteiger partial charge is 0.497 e. The number of hydrogen-bond acceptors (Lipinski definition) is 6. The lowest BCUT2D eigenvalue weighted by Gasteiger charge is -2.31. The number of ether oxygens (including phenoxy) is 2. The predicted octanol–water partition coefficient (Wildman–Crippen LogP) is 5.69. The third-order valence-electron chi connectivity index (χ3n) is 4.95. The molecular weight excluding hydrogens is 434 g/mol. The van der Waals surface area contributed by atoms with Gasteiger partial charge < -0.3 is 14.8 Å². The molecule has 0 spiro atoms. The van der Waals surface area contributed by atoms with Crippen molar-refractivity contribution in [3.63, 3.8) is 0 Å². The molecule has 2 atom stereocenters. The van der Waals surface area contributed by atoms with Crippen LogP contribution in [0, 0.1) is 17.2 Å². The Kier molecular flexibility index (Phi) is 10.6. The van der Waals surface area contributed by atoms with E-state index in [1.54, 1.807) is 19.1 Å². The van der Waals surface area contributed by atoms with Crippen LogP contribution in [0.4, 0.5) is 4.79 Å². The number of carbonyl (C=O) groups is 1. The van der Waals surface area contributed by atoms with Gasteiger partial charge in [0.2, 0.25) is 0 Å². The molecule has 0 aromatic heterocycles. The van der Waals surface area contributed by atoms with Crippen LogP contribution >= 0.6 is 11.9 Å². The normalized spacial score (nSPS) is 13.1. The number of nitrogens with zero attached hydrogens (tertiary/aromatic N) is 2. The number of nitriles is 1. The molecule has 0 aliphatic heterocycles. The lowest BCUT2D eigenvalue weighted by Crippen LogP contribution is -2.46. The lowest BCUT2D eigenvalue weighted by molar-refractivity contribution is 0.0485. The van der Waals surface area contributed by atoms with Crippen LogP contribution in [-0.4, -0.2) is 42.2 Å². The summed E-state index contributed by atoms with van der Waals surface area (Å²) in [6, 6.07) is 20.1. The number of nitrogens with one attached hydrogen (secondary N) is 1. The minimum atomic E-state index is -0.562. The molecule has 0 aliphatic rings. The first-order chi connectivity index (χ1) is 15.7. The van der Waals surface area contributed by atoms with Crippen LogP contribution in [0.5, 0.6) is 5.75 Å². The molecule has 1 N–H and O–H groups in total. The minimum Gasteiger partial charge on any atom is -0.497 e. The molecule has 6 nitrogen and oxygen atoms in total. The van der Waals surface area contributed by atoms with Gasteiger partial charge in [-0.1, -0.05) is 37.3 Å². The van der Waals surface area contributed by atoms with E-state index in [0.717, 1.165) is 16.2 Å². The van der Waals surface area contributed by atoms with Crippen LogP contribution < -0.4 is 10.1 Å². The molecule has 0 fully saturated rings. The van der Waals surface area contributed by atoms with Crippen molar-refractivity contribution in [2.45, 2.75) is 57.1 Å². The molecule has 1 amide bonds. The maximum Gasteiger partial charge on any atom is 0.407 e. The molecule has 0 radical (unpaired) electrons. The SMILES string of the molecule is COc1ccc(SN(CCC#N)CC(C)C(Cc2ccccc2)NC(=O)OC(C)(C)C)cc1. The second kappa shape index (κ2) is 13.1. The first-order valence-electron chi connectivity index (χ1n) is 11.2. The van der Waals surface area contributed by atoms with Crippen LogP contribution in [0.2, 0.25) is 0 Å². The lowest BCUT2D eigenvalue weighted by atomic mass is 9.95. The van der Waals surface area contributed by atoms with Crippen molar-refractivity contribution in [2.75, 3.05) is 20.2 Å². The zero-order valence-electron chi connectivity index (χ0n) is 20.2. The Hall–Kier alpha value is -2.69. The summed E-state index contributed by atoms with van der Waals surface area (Å²) in [6.45, 7) is 9.03. The van der Waals surface area contributed by atoms with Gasteiger partial charge in [-0.25, -0.2) is 9.10 Å². The fourth-order valence-corrected chi connectivity index (χ4v) is 4.35. The number of methoxy groups -OCH3 is 1. The Morgan fingerprint density at radius 2 is 1.82 bits per heavy atom. The zero-order valence-corrected chi connectivity index (χ0v) is 21.0. The van der Waals surface area contributed by atoms with Gasteiger partial charge in [-0.3, -0.25) is 0 Å². The average molecular weight is 470 g/mol. The van der Waals surface area contributed by atoms with Crippen molar-refractivity contribution in [1.29, 1.82) is 5.26 Å². The monoisotopic (exact) mass is 469 g/mol. The molecule has 0 saturated carbocycles. The molecular formula is C26H35N3O3S. The smallest absolute Gasteiger partial charge is 0.407 e. The van der Waals surface area contributed by atoms with Gasteiger partial charge in [0.05, 0.1) is 13.2 Å². The second-order valence-corrected chi connectivity index (χ2v) is 10.2. The topological polar surface area (TPSA) is 74.6 Å². The van der Waals surface area contributed by atoms with E-state index >= 15 is 0 Å². The summed E-state index contributed by atoms with van der Waals surface area (Å²) in [5, 5.41) is 12.2. The molecule has 0 aliphatic carbocycles. The van der Waals surface area contributed by atoms with Crippen LogP contribution in [0.15, 0.2) is 59.5 Å². The predicted molar refractivity (Wildman–Crippen MR) is 133 cm³/mol. The molecule has 0 heterocycles. The van der Waals surface area contributed by atoms with Gasteiger partial charge in [0.1, 0.15) is 11.4 Å². The summed E-state index contributed by atoms with van der Waals surface area (Å²) < 4.78 is 12.9. The van der Waals surface area contributed by atoms with Crippen molar-refractivity contribution in [3.05, 3.63) is 60.2 Å². The zero-order chi connectivity index (χ0) is 24.3. The van der Waals surface area contributed by atoms with Gasteiger partial charge in [-0.15, -0.1) is 0 Å². The van der Waals surface area contributed by atoms with Crippen LogP contribution in [-0.2, 0) is 11.2 Å². The van der Waals surface area contributed by atoms with E-state index in [0.29, 0.717) is 25.9 Å². The Morgan fingerprint density at radius 3 is 2.39 bits per heavy atom. The van der Waals surface area contributed by atoms with Crippen LogP contribution in [0.1, 0.15) is 39.7 Å². The van der Waals surface area contributed by atoms with Crippen molar-refractivity contribution in [1.82, 2.24) is 9.62 Å². The summed E-state index contributed by atoms with van der Waals surface area (Å²) in [5.41, 5.74) is 0.588. The van der Waals surface area contributed by atoms with Gasteiger partial charge in [0.15, 0.2) is 0 Å².